The van der Waals surface area contributed by atoms with Crippen molar-refractivity contribution in [1.82, 2.24) is 15.0 Å². The Hall–Kier alpha value is -8.79. The smallest absolute Gasteiger partial charge is 0.160 e. The zero-order valence-corrected chi connectivity index (χ0v) is 36.0. The molecule has 0 aliphatic heterocycles. The van der Waals surface area contributed by atoms with E-state index in [4.69, 9.17) is 15.0 Å². The van der Waals surface area contributed by atoms with E-state index in [9.17, 15) is 0 Å². The van der Waals surface area contributed by atoms with Crippen molar-refractivity contribution in [3.63, 3.8) is 0 Å². The predicted molar refractivity (Wildman–Crippen MR) is 276 cm³/mol. The van der Waals surface area contributed by atoms with Gasteiger partial charge in [-0.15, -0.1) is 0 Å². The third kappa shape index (κ3) is 7.00. The highest BCUT2D eigenvalue weighted by Gasteiger charge is 2.25. The number of fused-ring (bicyclic) bond motifs is 6. The Labute approximate surface area is 384 Å². The lowest BCUT2D eigenvalue weighted by molar-refractivity contribution is 1.18. The highest BCUT2D eigenvalue weighted by Crippen LogP contribution is 2.49. The summed E-state index contributed by atoms with van der Waals surface area (Å²) in [4.78, 5) is 16.3. The maximum absolute atomic E-state index is 5.62. The van der Waals surface area contributed by atoms with Crippen LogP contribution < -0.4 is 0 Å². The van der Waals surface area contributed by atoms with E-state index in [-0.39, 0.29) is 0 Å². The molecule has 0 N–H and O–H groups in total. The molecule has 10 aromatic carbocycles. The fourth-order valence-corrected chi connectivity index (χ4v) is 9.59. The molecule has 3 nitrogen and oxygen atoms in total. The minimum absolute atomic E-state index is 0.664. The van der Waals surface area contributed by atoms with E-state index in [1.165, 1.54) is 32.3 Å². The Balaban J connectivity index is 1.08. The first-order valence-electron chi connectivity index (χ1n) is 22.4. The monoisotopic (exact) mass is 839 g/mol. The molecule has 12 aromatic rings. The Morgan fingerprint density at radius 3 is 1.00 bits per heavy atom. The van der Waals surface area contributed by atoms with Crippen LogP contribution in [-0.2, 0) is 0 Å². The van der Waals surface area contributed by atoms with Crippen molar-refractivity contribution in [1.29, 1.82) is 0 Å². The molecule has 12 rings (SSSR count). The first-order chi connectivity index (χ1) is 32.7. The van der Waals surface area contributed by atoms with Crippen LogP contribution in [0.25, 0.3) is 122 Å². The van der Waals surface area contributed by atoms with E-state index >= 15 is 0 Å². The van der Waals surface area contributed by atoms with Crippen molar-refractivity contribution < 1.29 is 0 Å². The quantitative estimate of drug-likeness (QED) is 0.143. The molecule has 0 saturated heterocycles. The molecule has 0 amide bonds. The van der Waals surface area contributed by atoms with E-state index in [0.717, 1.165) is 84.0 Å². The van der Waals surface area contributed by atoms with Gasteiger partial charge in [0.25, 0.3) is 0 Å². The van der Waals surface area contributed by atoms with Gasteiger partial charge in [-0.25, -0.2) is 15.0 Å². The van der Waals surface area contributed by atoms with Gasteiger partial charge < -0.3 is 0 Å². The molecule has 0 bridgehead atoms. The lowest BCUT2D eigenvalue weighted by Gasteiger charge is -2.23. The van der Waals surface area contributed by atoms with E-state index < -0.39 is 0 Å². The Bertz CT molecular complexity index is 3570. The third-order valence-corrected chi connectivity index (χ3v) is 12.7. The first-order valence-corrected chi connectivity index (χ1v) is 22.4. The van der Waals surface area contributed by atoms with Crippen LogP contribution in [0.1, 0.15) is 0 Å². The SMILES string of the molecule is c1ccc(-c2cc(-c3ccc4c5ccccc5c5ccccc5c4c3)nc(-c3ccc(-c4c(-c5ccccc5)c(-c5ccccc5)nc(-c5ccccc5)c4-c4ccccc4)cc3)n2)cc1. The molecule has 0 unspecified atom stereocenters. The van der Waals surface area contributed by atoms with Crippen LogP contribution in [0, 0.1) is 0 Å². The number of benzene rings is 10. The maximum Gasteiger partial charge on any atom is 0.160 e. The molecule has 0 saturated carbocycles. The van der Waals surface area contributed by atoms with Gasteiger partial charge in [0.1, 0.15) is 0 Å². The van der Waals surface area contributed by atoms with Crippen molar-refractivity contribution in [3.8, 4) is 89.8 Å². The fraction of sp³-hybridized carbons (Fsp3) is 0. The summed E-state index contributed by atoms with van der Waals surface area (Å²) in [7, 11) is 0. The number of rotatable bonds is 8. The molecular formula is C63H41N3. The van der Waals surface area contributed by atoms with Gasteiger partial charge in [0.2, 0.25) is 0 Å². The van der Waals surface area contributed by atoms with Gasteiger partial charge in [-0.05, 0) is 61.1 Å². The zero-order chi connectivity index (χ0) is 43.8. The molecule has 0 aliphatic carbocycles. The van der Waals surface area contributed by atoms with Crippen LogP contribution in [-0.4, -0.2) is 15.0 Å². The van der Waals surface area contributed by atoms with Crippen molar-refractivity contribution in [2.24, 2.45) is 0 Å². The van der Waals surface area contributed by atoms with Crippen molar-refractivity contribution >= 4 is 32.3 Å². The highest BCUT2D eigenvalue weighted by molar-refractivity contribution is 6.25. The summed E-state index contributed by atoms with van der Waals surface area (Å²) in [5, 5.41) is 7.42. The Kier molecular flexibility index (Phi) is 9.85. The molecule has 0 aliphatic rings. The lowest BCUT2D eigenvalue weighted by atomic mass is 9.83. The fourth-order valence-electron chi connectivity index (χ4n) is 9.59. The number of pyridine rings is 1. The summed E-state index contributed by atoms with van der Waals surface area (Å²) >= 11 is 0. The van der Waals surface area contributed by atoms with Crippen molar-refractivity contribution in [2.45, 2.75) is 0 Å². The van der Waals surface area contributed by atoms with Crippen LogP contribution in [0.4, 0.5) is 0 Å². The largest absolute Gasteiger partial charge is 0.246 e. The molecule has 3 heteroatoms. The van der Waals surface area contributed by atoms with E-state index in [0.29, 0.717) is 5.82 Å². The van der Waals surface area contributed by atoms with Crippen LogP contribution in [0.15, 0.2) is 249 Å². The number of nitrogens with zero attached hydrogens (tertiary/aromatic N) is 3. The van der Waals surface area contributed by atoms with Gasteiger partial charge >= 0.3 is 0 Å². The van der Waals surface area contributed by atoms with Gasteiger partial charge in [-0.3, -0.25) is 0 Å². The first kappa shape index (κ1) is 38.9. The van der Waals surface area contributed by atoms with Crippen LogP contribution in [0.3, 0.4) is 0 Å². The summed E-state index contributed by atoms with van der Waals surface area (Å²) in [6, 6.07) is 88.1. The number of hydrogen-bond donors (Lipinski definition) is 0. The summed E-state index contributed by atoms with van der Waals surface area (Å²) in [5.74, 6) is 0.664. The second kappa shape index (κ2) is 16.7. The topological polar surface area (TPSA) is 38.7 Å². The van der Waals surface area contributed by atoms with Gasteiger partial charge in [0.05, 0.1) is 22.8 Å². The van der Waals surface area contributed by atoms with Crippen molar-refractivity contribution in [2.75, 3.05) is 0 Å². The second-order valence-corrected chi connectivity index (χ2v) is 16.7. The summed E-state index contributed by atoms with van der Waals surface area (Å²) in [5.41, 5.74) is 15.2. The molecule has 308 valence electrons. The zero-order valence-electron chi connectivity index (χ0n) is 36.0. The van der Waals surface area contributed by atoms with Crippen LogP contribution in [0.2, 0.25) is 0 Å². The van der Waals surface area contributed by atoms with Gasteiger partial charge in [0.15, 0.2) is 5.82 Å². The number of aromatic nitrogens is 3. The highest BCUT2D eigenvalue weighted by atomic mass is 14.9. The lowest BCUT2D eigenvalue weighted by Crippen LogP contribution is -2.01. The minimum Gasteiger partial charge on any atom is -0.246 e. The van der Waals surface area contributed by atoms with Crippen LogP contribution >= 0.6 is 0 Å². The maximum atomic E-state index is 5.62. The van der Waals surface area contributed by atoms with Crippen LogP contribution in [0.5, 0.6) is 0 Å². The molecule has 0 fully saturated rings. The van der Waals surface area contributed by atoms with E-state index in [1.807, 2.05) is 6.07 Å². The second-order valence-electron chi connectivity index (χ2n) is 16.7. The molecule has 66 heavy (non-hydrogen) atoms. The molecule has 0 atom stereocenters. The Morgan fingerprint density at radius 2 is 0.530 bits per heavy atom. The number of hydrogen-bond acceptors (Lipinski definition) is 3. The summed E-state index contributed by atoms with van der Waals surface area (Å²) in [6.45, 7) is 0. The molecule has 2 heterocycles. The van der Waals surface area contributed by atoms with E-state index in [2.05, 4.69) is 243 Å². The van der Waals surface area contributed by atoms with Gasteiger partial charge in [0, 0.05) is 44.5 Å². The minimum atomic E-state index is 0.664. The average molecular weight is 840 g/mol. The molecule has 0 radical (unpaired) electrons. The predicted octanol–water partition coefficient (Wildman–Crippen LogP) is 16.7. The van der Waals surface area contributed by atoms with E-state index in [1.54, 1.807) is 0 Å². The summed E-state index contributed by atoms with van der Waals surface area (Å²) in [6.07, 6.45) is 0. The Morgan fingerprint density at radius 1 is 0.197 bits per heavy atom. The normalized spacial score (nSPS) is 11.3. The average Bonchev–Trinajstić information content (AvgIpc) is 3.41. The van der Waals surface area contributed by atoms with Gasteiger partial charge in [-0.1, -0.05) is 237 Å². The standard InChI is InChI=1S/C63H41N3/c1-6-20-42(21-7-1)56-41-57(49-38-39-54-52-32-17-16-30-50(52)51-31-18-19-33-53(51)55(54)40-49)65-63(64-56)48-36-34-45(35-37-48)58-59(43-22-8-2-9-23-43)61(46-26-12-4-13-27-46)66-62(47-28-14-5-15-29-47)60(58)44-24-10-3-11-25-44/h1-41H. The van der Waals surface area contributed by atoms with Crippen molar-refractivity contribution in [3.05, 3.63) is 249 Å². The molecule has 2 aromatic heterocycles. The molecule has 0 spiro atoms. The third-order valence-electron chi connectivity index (χ3n) is 12.7. The van der Waals surface area contributed by atoms with Gasteiger partial charge in [-0.2, -0.15) is 0 Å². The molecular weight excluding hydrogens is 799 g/mol. The summed E-state index contributed by atoms with van der Waals surface area (Å²) < 4.78 is 0.